The van der Waals surface area contributed by atoms with Gasteiger partial charge in [0.1, 0.15) is 0 Å². The van der Waals surface area contributed by atoms with E-state index < -0.39 is 11.7 Å². The molecule has 0 aliphatic heterocycles. The molecule has 0 saturated heterocycles. The topological polar surface area (TPSA) is 29.1 Å². The van der Waals surface area contributed by atoms with Crippen LogP contribution in [-0.2, 0) is 11.0 Å². The molecule has 2 rings (SSSR count). The van der Waals surface area contributed by atoms with Gasteiger partial charge in [0.2, 0.25) is 5.91 Å². The van der Waals surface area contributed by atoms with Crippen LogP contribution in [-0.4, -0.2) is 5.91 Å². The Balaban J connectivity index is 2.03. The van der Waals surface area contributed by atoms with Crippen molar-refractivity contribution in [3.8, 4) is 0 Å². The molecule has 5 heteroatoms. The zero-order valence-corrected chi connectivity index (χ0v) is 12.7. The molecule has 0 aromatic heterocycles. The van der Waals surface area contributed by atoms with E-state index in [1.807, 2.05) is 32.0 Å². The molecule has 1 N–H and O–H groups in total. The maximum absolute atomic E-state index is 12.5. The lowest BCUT2D eigenvalue weighted by Gasteiger charge is -2.06. The summed E-state index contributed by atoms with van der Waals surface area (Å²) in [7, 11) is 0. The van der Waals surface area contributed by atoms with E-state index >= 15 is 0 Å². The Morgan fingerprint density at radius 1 is 1.00 bits per heavy atom. The summed E-state index contributed by atoms with van der Waals surface area (Å²) in [5, 5.41) is 2.72. The number of rotatable bonds is 3. The number of hydrogen-bond donors (Lipinski definition) is 1. The molecule has 1 amide bonds. The van der Waals surface area contributed by atoms with Gasteiger partial charge in [0, 0.05) is 11.8 Å². The Morgan fingerprint density at radius 2 is 1.57 bits per heavy atom. The van der Waals surface area contributed by atoms with Crippen molar-refractivity contribution in [2.45, 2.75) is 20.0 Å². The van der Waals surface area contributed by atoms with Crippen LogP contribution in [0, 0.1) is 13.8 Å². The predicted molar refractivity (Wildman–Crippen MR) is 85.0 cm³/mol. The highest BCUT2D eigenvalue weighted by atomic mass is 19.4. The SMILES string of the molecule is Cc1cc(C)cc(NC(=O)/C=C/c2ccc(C(F)(F)F)cc2)c1. The summed E-state index contributed by atoms with van der Waals surface area (Å²) < 4.78 is 37.4. The maximum atomic E-state index is 12.5. The lowest BCUT2D eigenvalue weighted by Crippen LogP contribution is -2.08. The highest BCUT2D eigenvalue weighted by Gasteiger charge is 2.29. The Morgan fingerprint density at radius 3 is 2.09 bits per heavy atom. The number of hydrogen-bond acceptors (Lipinski definition) is 1. The second-order valence-electron chi connectivity index (χ2n) is 5.32. The third kappa shape index (κ3) is 4.98. The smallest absolute Gasteiger partial charge is 0.322 e. The number of alkyl halides is 3. The van der Waals surface area contributed by atoms with Crippen LogP contribution in [0.25, 0.3) is 6.08 Å². The summed E-state index contributed by atoms with van der Waals surface area (Å²) in [4.78, 5) is 11.9. The van der Waals surface area contributed by atoms with Gasteiger partial charge >= 0.3 is 6.18 Å². The Bertz CT molecular complexity index is 711. The molecule has 120 valence electrons. The average Bonchev–Trinajstić information content (AvgIpc) is 2.43. The van der Waals surface area contributed by atoms with Crippen molar-refractivity contribution in [1.29, 1.82) is 0 Å². The number of aryl methyl sites for hydroxylation is 2. The molecule has 2 aromatic carbocycles. The molecule has 0 radical (unpaired) electrons. The van der Waals surface area contributed by atoms with Gasteiger partial charge in [0.15, 0.2) is 0 Å². The summed E-state index contributed by atoms with van der Waals surface area (Å²) in [6.07, 6.45) is -1.60. The lowest BCUT2D eigenvalue weighted by atomic mass is 10.1. The number of carbonyl (C=O) groups is 1. The highest BCUT2D eigenvalue weighted by Crippen LogP contribution is 2.29. The van der Waals surface area contributed by atoms with Crippen LogP contribution in [0.2, 0.25) is 0 Å². The van der Waals surface area contributed by atoms with Crippen LogP contribution in [0.15, 0.2) is 48.5 Å². The van der Waals surface area contributed by atoms with E-state index in [4.69, 9.17) is 0 Å². The van der Waals surface area contributed by atoms with Gasteiger partial charge in [-0.25, -0.2) is 0 Å². The quantitative estimate of drug-likeness (QED) is 0.795. The largest absolute Gasteiger partial charge is 0.416 e. The van der Waals surface area contributed by atoms with Gasteiger partial charge in [-0.15, -0.1) is 0 Å². The molecule has 0 spiro atoms. The molecule has 0 atom stereocenters. The summed E-state index contributed by atoms with van der Waals surface area (Å²) >= 11 is 0. The minimum atomic E-state index is -4.36. The van der Waals surface area contributed by atoms with Crippen molar-refractivity contribution >= 4 is 17.7 Å². The predicted octanol–water partition coefficient (Wildman–Crippen LogP) is 4.97. The van der Waals surface area contributed by atoms with Crippen molar-refractivity contribution in [2.75, 3.05) is 5.32 Å². The van der Waals surface area contributed by atoms with E-state index in [1.54, 1.807) is 0 Å². The second-order valence-corrected chi connectivity index (χ2v) is 5.32. The molecule has 0 aliphatic carbocycles. The normalized spacial score (nSPS) is 11.7. The molecule has 0 saturated carbocycles. The molecule has 2 nitrogen and oxygen atoms in total. The highest BCUT2D eigenvalue weighted by molar-refractivity contribution is 6.02. The van der Waals surface area contributed by atoms with Crippen LogP contribution in [0.1, 0.15) is 22.3 Å². The number of carbonyl (C=O) groups excluding carboxylic acids is 1. The van der Waals surface area contributed by atoms with Crippen LogP contribution in [0.4, 0.5) is 18.9 Å². The van der Waals surface area contributed by atoms with Gasteiger partial charge in [-0.05, 0) is 60.9 Å². The standard InChI is InChI=1S/C18H16F3NO/c1-12-9-13(2)11-16(10-12)22-17(23)8-5-14-3-6-15(7-4-14)18(19,20)21/h3-11H,1-2H3,(H,22,23)/b8-5+. The monoisotopic (exact) mass is 319 g/mol. The molecular formula is C18H16F3NO. The molecule has 2 aromatic rings. The Kier molecular flexibility index (Phi) is 4.89. The van der Waals surface area contributed by atoms with E-state index in [0.29, 0.717) is 11.3 Å². The van der Waals surface area contributed by atoms with Gasteiger partial charge in [0.05, 0.1) is 5.56 Å². The van der Waals surface area contributed by atoms with Crippen molar-refractivity contribution in [1.82, 2.24) is 0 Å². The van der Waals surface area contributed by atoms with E-state index in [2.05, 4.69) is 5.32 Å². The molecule has 0 fully saturated rings. The first-order valence-electron chi connectivity index (χ1n) is 6.99. The minimum Gasteiger partial charge on any atom is -0.322 e. The Hall–Kier alpha value is -2.56. The fourth-order valence-corrected chi connectivity index (χ4v) is 2.19. The number of nitrogens with one attached hydrogen (secondary N) is 1. The van der Waals surface area contributed by atoms with Crippen molar-refractivity contribution in [2.24, 2.45) is 0 Å². The van der Waals surface area contributed by atoms with Crippen LogP contribution < -0.4 is 5.32 Å². The molecule has 0 bridgehead atoms. The average molecular weight is 319 g/mol. The minimum absolute atomic E-state index is 0.338. The first kappa shape index (κ1) is 16.8. The fraction of sp³-hybridized carbons (Fsp3) is 0.167. The molecule has 23 heavy (non-hydrogen) atoms. The van der Waals surface area contributed by atoms with Crippen LogP contribution >= 0.6 is 0 Å². The zero-order chi connectivity index (χ0) is 17.0. The van der Waals surface area contributed by atoms with Gasteiger partial charge in [-0.1, -0.05) is 18.2 Å². The first-order chi connectivity index (χ1) is 10.7. The summed E-state index contributed by atoms with van der Waals surface area (Å²) in [5.74, 6) is -0.338. The molecular weight excluding hydrogens is 303 g/mol. The number of halogens is 3. The van der Waals surface area contributed by atoms with Crippen molar-refractivity contribution < 1.29 is 18.0 Å². The summed E-state index contributed by atoms with van der Waals surface area (Å²) in [6.45, 7) is 3.86. The van der Waals surface area contributed by atoms with E-state index in [9.17, 15) is 18.0 Å². The number of anilines is 1. The van der Waals surface area contributed by atoms with Gasteiger partial charge in [-0.2, -0.15) is 13.2 Å². The van der Waals surface area contributed by atoms with Gasteiger partial charge in [0.25, 0.3) is 0 Å². The summed E-state index contributed by atoms with van der Waals surface area (Å²) in [5.41, 5.74) is 2.56. The van der Waals surface area contributed by atoms with E-state index in [0.717, 1.165) is 23.3 Å². The zero-order valence-electron chi connectivity index (χ0n) is 12.7. The third-order valence-corrected chi connectivity index (χ3v) is 3.15. The molecule has 0 aliphatic rings. The number of amides is 1. The summed E-state index contributed by atoms with van der Waals surface area (Å²) in [6, 6.07) is 10.3. The van der Waals surface area contributed by atoms with Gasteiger partial charge < -0.3 is 5.32 Å². The fourth-order valence-electron chi connectivity index (χ4n) is 2.19. The number of benzene rings is 2. The van der Waals surface area contributed by atoms with E-state index in [-0.39, 0.29) is 5.91 Å². The van der Waals surface area contributed by atoms with Crippen molar-refractivity contribution in [3.63, 3.8) is 0 Å². The molecule has 0 unspecified atom stereocenters. The first-order valence-corrected chi connectivity index (χ1v) is 6.99. The van der Waals surface area contributed by atoms with Gasteiger partial charge in [-0.3, -0.25) is 4.79 Å². The lowest BCUT2D eigenvalue weighted by molar-refractivity contribution is -0.137. The van der Waals surface area contributed by atoms with Crippen LogP contribution in [0.3, 0.4) is 0 Å². The van der Waals surface area contributed by atoms with Crippen LogP contribution in [0.5, 0.6) is 0 Å². The van der Waals surface area contributed by atoms with Crippen molar-refractivity contribution in [3.05, 3.63) is 70.8 Å². The maximum Gasteiger partial charge on any atom is 0.416 e. The van der Waals surface area contributed by atoms with E-state index in [1.165, 1.54) is 24.3 Å². The second kappa shape index (κ2) is 6.69. The third-order valence-electron chi connectivity index (χ3n) is 3.15. The molecule has 0 heterocycles. The Labute approximate surface area is 132 Å².